The Hall–Kier alpha value is -3.27. The number of benzene rings is 1. The molecule has 2 aliphatic rings. The number of aromatic nitrogens is 5. The Kier molecular flexibility index (Phi) is 4.96. The molecule has 1 spiro atoms. The minimum atomic E-state index is 0.0941. The van der Waals surface area contributed by atoms with Crippen molar-refractivity contribution >= 4 is 51.8 Å². The first kappa shape index (κ1) is 22.0. The summed E-state index contributed by atoms with van der Waals surface area (Å²) in [4.78, 5) is 21.4. The molecule has 0 amide bonds. The molecule has 4 aromatic heterocycles. The number of aromatic amines is 1. The zero-order chi connectivity index (χ0) is 24.4. The third-order valence-electron chi connectivity index (χ3n) is 7.85. The number of fused-ring (bicyclic) bond motifs is 4. The maximum absolute atomic E-state index is 6.80. The van der Waals surface area contributed by atoms with Gasteiger partial charge in [-0.2, -0.15) is 4.98 Å². The monoisotopic (exact) mass is 516 g/mol. The van der Waals surface area contributed by atoms with Crippen LogP contribution in [0.4, 0.5) is 11.8 Å². The topological polar surface area (TPSA) is 114 Å². The van der Waals surface area contributed by atoms with Gasteiger partial charge >= 0.3 is 0 Å². The van der Waals surface area contributed by atoms with Gasteiger partial charge in [-0.05, 0) is 41.9 Å². The van der Waals surface area contributed by atoms with Crippen LogP contribution in [0.2, 0.25) is 5.02 Å². The van der Waals surface area contributed by atoms with Gasteiger partial charge in [-0.1, -0.05) is 47.6 Å². The van der Waals surface area contributed by atoms with E-state index in [1.807, 2.05) is 24.7 Å². The number of nitrogens with zero attached hydrogens (tertiary/aromatic N) is 5. The standard InChI is InChI=1S/C26H25ClN8S/c27-20-17(5-8-30-22(20)29)36-18-14-32-23-19(18)24-31-9-12-35(24)25(33-23)34-10-6-26(7-11-34)13-15-3-1-2-4-16(15)21(26)28/h1-5,8-9,12,14,21,32H,6-7,10-11,13,28H2,(H2,29,30)/t21-/m1/s1. The van der Waals surface area contributed by atoms with E-state index in [0.717, 1.165) is 64.8 Å². The van der Waals surface area contributed by atoms with Crippen molar-refractivity contribution in [1.82, 2.24) is 24.3 Å². The quantitative estimate of drug-likeness (QED) is 0.314. The van der Waals surface area contributed by atoms with Gasteiger partial charge in [0.15, 0.2) is 5.65 Å². The number of pyridine rings is 1. The van der Waals surface area contributed by atoms with E-state index in [-0.39, 0.29) is 11.5 Å². The molecule has 1 fully saturated rings. The highest BCUT2D eigenvalue weighted by Crippen LogP contribution is 2.51. The Balaban J connectivity index is 1.21. The molecule has 0 saturated carbocycles. The number of nitrogen functional groups attached to an aromatic ring is 1. The zero-order valence-corrected chi connectivity index (χ0v) is 21.1. The number of hydrogen-bond donors (Lipinski definition) is 3. The average Bonchev–Trinajstić information content (AvgIpc) is 3.59. The van der Waals surface area contributed by atoms with E-state index in [0.29, 0.717) is 10.8 Å². The zero-order valence-electron chi connectivity index (χ0n) is 19.5. The number of nitrogens with one attached hydrogen (secondary N) is 1. The molecule has 8 nitrogen and oxygen atoms in total. The Morgan fingerprint density at radius 3 is 2.75 bits per heavy atom. The first-order valence-electron chi connectivity index (χ1n) is 12.0. The van der Waals surface area contributed by atoms with Crippen LogP contribution in [0.3, 0.4) is 0 Å². The smallest absolute Gasteiger partial charge is 0.213 e. The van der Waals surface area contributed by atoms with Crippen molar-refractivity contribution in [2.75, 3.05) is 23.7 Å². The Labute approximate surface area is 217 Å². The molecule has 1 saturated heterocycles. The Bertz CT molecular complexity index is 1620. The lowest BCUT2D eigenvalue weighted by Crippen LogP contribution is -2.45. The Morgan fingerprint density at radius 1 is 1.08 bits per heavy atom. The van der Waals surface area contributed by atoms with Crippen LogP contribution in [0, 0.1) is 5.41 Å². The first-order chi connectivity index (χ1) is 17.5. The van der Waals surface area contributed by atoms with Gasteiger partial charge in [0.1, 0.15) is 11.5 Å². The molecular formula is C26H25ClN8S. The summed E-state index contributed by atoms with van der Waals surface area (Å²) in [6.45, 7) is 1.81. The largest absolute Gasteiger partial charge is 0.382 e. The van der Waals surface area contributed by atoms with Gasteiger partial charge in [-0.25, -0.2) is 9.97 Å². The SMILES string of the molecule is Nc1nccc(Sc2c[nH]c3nc(N4CCC5(CC4)Cc4ccccc4[C@H]5N)n4ccnc4c23)c1Cl. The van der Waals surface area contributed by atoms with Crippen molar-refractivity contribution in [2.45, 2.75) is 35.1 Å². The molecular weight excluding hydrogens is 492 g/mol. The van der Waals surface area contributed by atoms with Gasteiger partial charge in [0.25, 0.3) is 0 Å². The van der Waals surface area contributed by atoms with Crippen molar-refractivity contribution < 1.29 is 0 Å². The van der Waals surface area contributed by atoms with Gasteiger partial charge in [-0.3, -0.25) is 4.40 Å². The molecule has 7 rings (SSSR count). The summed E-state index contributed by atoms with van der Waals surface area (Å²) < 4.78 is 2.09. The molecule has 1 aliphatic carbocycles. The van der Waals surface area contributed by atoms with Crippen molar-refractivity contribution in [3.8, 4) is 0 Å². The lowest BCUT2D eigenvalue weighted by atomic mass is 9.73. The molecule has 5 aromatic rings. The molecule has 0 radical (unpaired) electrons. The predicted octanol–water partition coefficient (Wildman–Crippen LogP) is 4.84. The molecule has 182 valence electrons. The van der Waals surface area contributed by atoms with Gasteiger partial charge in [0.2, 0.25) is 5.95 Å². The normalized spacial score (nSPS) is 18.9. The number of nitrogens with two attached hydrogens (primary N) is 2. The minimum absolute atomic E-state index is 0.0941. The maximum atomic E-state index is 6.80. The fourth-order valence-corrected chi connectivity index (χ4v) is 7.10. The summed E-state index contributed by atoms with van der Waals surface area (Å²) >= 11 is 7.93. The van der Waals surface area contributed by atoms with Crippen LogP contribution in [0.5, 0.6) is 0 Å². The molecule has 1 aromatic carbocycles. The number of imidazole rings is 1. The van der Waals surface area contributed by atoms with E-state index in [1.54, 1.807) is 6.20 Å². The highest BCUT2D eigenvalue weighted by Gasteiger charge is 2.46. The number of anilines is 2. The second-order valence-corrected chi connectivity index (χ2v) is 11.2. The van der Waals surface area contributed by atoms with Crippen LogP contribution >= 0.6 is 23.4 Å². The first-order valence-corrected chi connectivity index (χ1v) is 13.2. The van der Waals surface area contributed by atoms with Gasteiger partial charge in [-0.15, -0.1) is 0 Å². The summed E-state index contributed by atoms with van der Waals surface area (Å²) in [5, 5.41) is 1.41. The van der Waals surface area contributed by atoms with Crippen LogP contribution in [0.15, 0.2) is 64.9 Å². The summed E-state index contributed by atoms with van der Waals surface area (Å²) in [6, 6.07) is 10.6. The molecule has 36 heavy (non-hydrogen) atoms. The molecule has 0 bridgehead atoms. The van der Waals surface area contributed by atoms with E-state index in [9.17, 15) is 0 Å². The van der Waals surface area contributed by atoms with E-state index in [1.165, 1.54) is 22.9 Å². The number of hydrogen-bond acceptors (Lipinski definition) is 7. The molecule has 0 unspecified atom stereocenters. The van der Waals surface area contributed by atoms with Crippen LogP contribution in [-0.4, -0.2) is 37.4 Å². The summed E-state index contributed by atoms with van der Waals surface area (Å²) in [6.07, 6.45) is 10.6. The van der Waals surface area contributed by atoms with Crippen molar-refractivity contribution in [1.29, 1.82) is 0 Å². The second-order valence-electron chi connectivity index (χ2n) is 9.72. The number of rotatable bonds is 3. The predicted molar refractivity (Wildman–Crippen MR) is 144 cm³/mol. The van der Waals surface area contributed by atoms with Crippen molar-refractivity contribution in [3.63, 3.8) is 0 Å². The van der Waals surface area contributed by atoms with Crippen molar-refractivity contribution in [3.05, 3.63) is 71.3 Å². The fraction of sp³-hybridized carbons (Fsp3) is 0.269. The highest BCUT2D eigenvalue weighted by atomic mass is 35.5. The van der Waals surface area contributed by atoms with Gasteiger partial charge in [0, 0.05) is 53.7 Å². The van der Waals surface area contributed by atoms with E-state index >= 15 is 0 Å². The third kappa shape index (κ3) is 3.23. The molecule has 5 N–H and O–H groups in total. The lowest BCUT2D eigenvalue weighted by Gasteiger charge is -2.42. The molecule has 1 atom stereocenters. The molecule has 10 heteroatoms. The number of halogens is 1. The van der Waals surface area contributed by atoms with Crippen LogP contribution in [-0.2, 0) is 6.42 Å². The average molecular weight is 517 g/mol. The third-order valence-corrected chi connectivity index (χ3v) is 9.46. The van der Waals surface area contributed by atoms with E-state index in [2.05, 4.69) is 43.5 Å². The lowest BCUT2D eigenvalue weighted by molar-refractivity contribution is 0.187. The van der Waals surface area contributed by atoms with E-state index in [4.69, 9.17) is 33.0 Å². The highest BCUT2D eigenvalue weighted by molar-refractivity contribution is 7.99. The fourth-order valence-electron chi connectivity index (χ4n) is 5.90. The summed E-state index contributed by atoms with van der Waals surface area (Å²) in [7, 11) is 0. The minimum Gasteiger partial charge on any atom is -0.382 e. The van der Waals surface area contributed by atoms with Crippen LogP contribution < -0.4 is 16.4 Å². The summed E-state index contributed by atoms with van der Waals surface area (Å²) in [5.41, 5.74) is 17.2. The van der Waals surface area contributed by atoms with Gasteiger partial charge < -0.3 is 21.4 Å². The Morgan fingerprint density at radius 2 is 1.92 bits per heavy atom. The number of piperidine rings is 1. The van der Waals surface area contributed by atoms with E-state index < -0.39 is 0 Å². The second kappa shape index (κ2) is 8.12. The molecule has 5 heterocycles. The van der Waals surface area contributed by atoms with Gasteiger partial charge in [0.05, 0.1) is 10.4 Å². The van der Waals surface area contributed by atoms with Crippen LogP contribution in [0.1, 0.15) is 30.0 Å². The molecule has 1 aliphatic heterocycles. The van der Waals surface area contributed by atoms with Crippen LogP contribution in [0.25, 0.3) is 16.7 Å². The number of H-pyrrole nitrogens is 1. The maximum Gasteiger partial charge on any atom is 0.213 e. The van der Waals surface area contributed by atoms with Crippen molar-refractivity contribution in [2.24, 2.45) is 11.1 Å². The summed E-state index contributed by atoms with van der Waals surface area (Å²) in [5.74, 6) is 1.22.